The molecule has 1 atom stereocenters. The third-order valence-corrected chi connectivity index (χ3v) is 5.10. The largest absolute Gasteiger partial charge is 0.497 e. The molecule has 8 heteroatoms. The van der Waals surface area contributed by atoms with Crippen LogP contribution in [0.5, 0.6) is 11.5 Å². The van der Waals surface area contributed by atoms with Gasteiger partial charge in [-0.05, 0) is 38.1 Å². The summed E-state index contributed by atoms with van der Waals surface area (Å²) in [6.45, 7) is 3.72. The Bertz CT molecular complexity index is 897. The van der Waals surface area contributed by atoms with Gasteiger partial charge in [-0.3, -0.25) is 9.10 Å². The summed E-state index contributed by atoms with van der Waals surface area (Å²) in [6, 6.07) is 13.9. The Balaban J connectivity index is 1.98. The van der Waals surface area contributed by atoms with Crippen molar-refractivity contribution in [3.05, 3.63) is 54.1 Å². The lowest BCUT2D eigenvalue weighted by molar-refractivity contribution is -0.120. The first-order valence-corrected chi connectivity index (χ1v) is 10.6. The van der Waals surface area contributed by atoms with Gasteiger partial charge in [-0.25, -0.2) is 8.42 Å². The molecule has 1 N–H and O–H groups in total. The van der Waals surface area contributed by atoms with Gasteiger partial charge in [-0.1, -0.05) is 23.8 Å². The van der Waals surface area contributed by atoms with Crippen molar-refractivity contribution in [2.24, 2.45) is 0 Å². The Morgan fingerprint density at radius 2 is 1.82 bits per heavy atom. The predicted octanol–water partition coefficient (Wildman–Crippen LogP) is 2.35. The van der Waals surface area contributed by atoms with Gasteiger partial charge in [0, 0.05) is 6.07 Å². The van der Waals surface area contributed by atoms with Gasteiger partial charge in [0.05, 0.1) is 25.1 Å². The molecule has 0 saturated carbocycles. The van der Waals surface area contributed by atoms with Crippen molar-refractivity contribution in [3.63, 3.8) is 0 Å². The average molecular weight is 407 g/mol. The number of carbonyl (C=O) groups is 1. The van der Waals surface area contributed by atoms with Gasteiger partial charge in [-0.2, -0.15) is 0 Å². The standard InChI is InChI=1S/C20H26N2O5S/c1-15-8-10-18(11-9-15)27-14-16(2)21-20(23)13-22(28(4,24)25)17-6-5-7-19(12-17)26-3/h5-12,16H,13-14H2,1-4H3,(H,21,23). The lowest BCUT2D eigenvalue weighted by atomic mass is 10.2. The summed E-state index contributed by atoms with van der Waals surface area (Å²) in [5, 5.41) is 2.76. The summed E-state index contributed by atoms with van der Waals surface area (Å²) in [4.78, 5) is 12.4. The number of methoxy groups -OCH3 is 1. The number of nitrogens with one attached hydrogen (secondary N) is 1. The number of nitrogens with zero attached hydrogens (tertiary/aromatic N) is 1. The number of benzene rings is 2. The van der Waals surface area contributed by atoms with E-state index in [1.807, 2.05) is 31.2 Å². The maximum Gasteiger partial charge on any atom is 0.241 e. The fourth-order valence-corrected chi connectivity index (χ4v) is 3.36. The Kier molecular flexibility index (Phi) is 7.28. The second-order valence-electron chi connectivity index (χ2n) is 6.56. The van der Waals surface area contributed by atoms with Crippen LogP contribution < -0.4 is 19.1 Å². The third kappa shape index (κ3) is 6.45. The van der Waals surface area contributed by atoms with E-state index in [-0.39, 0.29) is 19.2 Å². The SMILES string of the molecule is COc1cccc(N(CC(=O)NC(C)COc2ccc(C)cc2)S(C)(=O)=O)c1. The van der Waals surface area contributed by atoms with Gasteiger partial charge in [0.1, 0.15) is 24.7 Å². The third-order valence-electron chi connectivity index (χ3n) is 3.96. The molecule has 0 fully saturated rings. The van der Waals surface area contributed by atoms with Gasteiger partial charge in [0.15, 0.2) is 0 Å². The van der Waals surface area contributed by atoms with Crippen molar-refractivity contribution in [2.75, 3.05) is 30.8 Å². The highest BCUT2D eigenvalue weighted by molar-refractivity contribution is 7.92. The molecule has 2 aromatic carbocycles. The van der Waals surface area contributed by atoms with E-state index in [0.717, 1.165) is 16.1 Å². The van der Waals surface area contributed by atoms with E-state index < -0.39 is 15.9 Å². The van der Waals surface area contributed by atoms with Gasteiger partial charge in [0.25, 0.3) is 0 Å². The summed E-state index contributed by atoms with van der Waals surface area (Å²) < 4.78 is 36.2. The summed E-state index contributed by atoms with van der Waals surface area (Å²) >= 11 is 0. The van der Waals surface area contributed by atoms with Crippen molar-refractivity contribution in [3.8, 4) is 11.5 Å². The highest BCUT2D eigenvalue weighted by Gasteiger charge is 2.22. The van der Waals surface area contributed by atoms with Crippen LogP contribution in [0.2, 0.25) is 0 Å². The lowest BCUT2D eigenvalue weighted by Gasteiger charge is -2.23. The van der Waals surface area contributed by atoms with Gasteiger partial charge >= 0.3 is 0 Å². The van der Waals surface area contributed by atoms with Gasteiger partial charge in [-0.15, -0.1) is 0 Å². The number of hydrogen-bond acceptors (Lipinski definition) is 5. The smallest absolute Gasteiger partial charge is 0.241 e. The average Bonchev–Trinajstić information content (AvgIpc) is 2.65. The molecule has 0 aliphatic rings. The van der Waals surface area contributed by atoms with Gasteiger partial charge < -0.3 is 14.8 Å². The first-order chi connectivity index (χ1) is 13.2. The highest BCUT2D eigenvalue weighted by atomic mass is 32.2. The number of sulfonamides is 1. The number of amides is 1. The molecule has 0 aliphatic carbocycles. The van der Waals surface area contributed by atoms with Crippen LogP contribution in [-0.4, -0.2) is 46.9 Å². The van der Waals surface area contributed by atoms with Crippen molar-refractivity contribution >= 4 is 21.6 Å². The van der Waals surface area contributed by atoms with Crippen LogP contribution in [0, 0.1) is 6.92 Å². The predicted molar refractivity (Wildman–Crippen MR) is 109 cm³/mol. The lowest BCUT2D eigenvalue weighted by Crippen LogP contribution is -2.44. The van der Waals surface area contributed by atoms with Gasteiger partial charge in [0.2, 0.25) is 15.9 Å². The van der Waals surface area contributed by atoms with Crippen molar-refractivity contribution in [1.82, 2.24) is 5.32 Å². The summed E-state index contributed by atoms with van der Waals surface area (Å²) in [5.74, 6) is 0.792. The minimum atomic E-state index is -3.65. The Morgan fingerprint density at radius 3 is 2.43 bits per heavy atom. The molecule has 2 rings (SSSR count). The number of hydrogen-bond donors (Lipinski definition) is 1. The number of anilines is 1. The number of ether oxygens (including phenoxy) is 2. The maximum absolute atomic E-state index is 12.4. The first kappa shape index (κ1) is 21.6. The van der Waals surface area contributed by atoms with Crippen LogP contribution in [0.1, 0.15) is 12.5 Å². The molecule has 0 radical (unpaired) electrons. The molecule has 2 aromatic rings. The zero-order valence-corrected chi connectivity index (χ0v) is 17.3. The second kappa shape index (κ2) is 9.45. The van der Waals surface area contributed by atoms with Crippen LogP contribution in [0.3, 0.4) is 0 Å². The molecule has 0 heterocycles. The zero-order valence-electron chi connectivity index (χ0n) is 16.5. The Morgan fingerprint density at radius 1 is 1.14 bits per heavy atom. The molecule has 1 amide bonds. The first-order valence-electron chi connectivity index (χ1n) is 8.79. The van der Waals surface area contributed by atoms with E-state index in [1.54, 1.807) is 31.2 Å². The summed E-state index contributed by atoms with van der Waals surface area (Å²) in [7, 11) is -2.16. The monoisotopic (exact) mass is 406 g/mol. The molecular weight excluding hydrogens is 380 g/mol. The van der Waals surface area contributed by atoms with E-state index in [9.17, 15) is 13.2 Å². The zero-order chi connectivity index (χ0) is 20.7. The van der Waals surface area contributed by atoms with E-state index in [4.69, 9.17) is 9.47 Å². The molecule has 0 aromatic heterocycles. The molecule has 0 bridgehead atoms. The van der Waals surface area contributed by atoms with E-state index in [2.05, 4.69) is 5.32 Å². The molecule has 1 unspecified atom stereocenters. The van der Waals surface area contributed by atoms with E-state index in [1.165, 1.54) is 7.11 Å². The van der Waals surface area contributed by atoms with Crippen LogP contribution in [-0.2, 0) is 14.8 Å². The molecule has 0 saturated heterocycles. The number of rotatable bonds is 9. The molecular formula is C20H26N2O5S. The number of aryl methyl sites for hydroxylation is 1. The highest BCUT2D eigenvalue weighted by Crippen LogP contribution is 2.22. The van der Waals surface area contributed by atoms with Crippen molar-refractivity contribution < 1.29 is 22.7 Å². The molecule has 7 nitrogen and oxygen atoms in total. The van der Waals surface area contributed by atoms with E-state index >= 15 is 0 Å². The maximum atomic E-state index is 12.4. The molecule has 152 valence electrons. The molecule has 0 spiro atoms. The summed E-state index contributed by atoms with van der Waals surface area (Å²) in [5.41, 5.74) is 1.49. The van der Waals surface area contributed by atoms with Crippen LogP contribution in [0.25, 0.3) is 0 Å². The second-order valence-corrected chi connectivity index (χ2v) is 8.47. The minimum Gasteiger partial charge on any atom is -0.497 e. The molecule has 0 aliphatic heterocycles. The van der Waals surface area contributed by atoms with Crippen molar-refractivity contribution in [1.29, 1.82) is 0 Å². The molecule has 28 heavy (non-hydrogen) atoms. The fourth-order valence-electron chi connectivity index (χ4n) is 2.51. The van der Waals surface area contributed by atoms with Crippen molar-refractivity contribution in [2.45, 2.75) is 19.9 Å². The minimum absolute atomic E-state index is 0.271. The van der Waals surface area contributed by atoms with E-state index in [0.29, 0.717) is 17.2 Å². The topological polar surface area (TPSA) is 84.9 Å². The normalized spacial score (nSPS) is 12.1. The van der Waals surface area contributed by atoms with Crippen LogP contribution in [0.4, 0.5) is 5.69 Å². The fraction of sp³-hybridized carbons (Fsp3) is 0.350. The number of carbonyl (C=O) groups excluding carboxylic acids is 1. The summed E-state index contributed by atoms with van der Waals surface area (Å²) in [6.07, 6.45) is 1.06. The Hall–Kier alpha value is -2.74. The quantitative estimate of drug-likeness (QED) is 0.691. The van der Waals surface area contributed by atoms with Crippen LogP contribution in [0.15, 0.2) is 48.5 Å². The van der Waals surface area contributed by atoms with Crippen LogP contribution >= 0.6 is 0 Å². The Labute approximate surface area is 166 Å².